The fourth-order valence-electron chi connectivity index (χ4n) is 2.50. The maximum Gasteiger partial charge on any atom is 0.337 e. The molecule has 0 radical (unpaired) electrons. The molecule has 0 aliphatic heterocycles. The van der Waals surface area contributed by atoms with Crippen LogP contribution in [-0.2, 0) is 4.79 Å². The highest BCUT2D eigenvalue weighted by Gasteiger charge is 3.04. The van der Waals surface area contributed by atoms with Gasteiger partial charge in [-0.3, -0.25) is 4.79 Å². The lowest BCUT2D eigenvalue weighted by atomic mass is 9.80. The fraction of sp³-hybridized carbons (Fsp3) is 0.667. The summed E-state index contributed by atoms with van der Waals surface area (Å²) in [5.41, 5.74) is -17.2. The van der Waals surface area contributed by atoms with Crippen LogP contribution in [0.4, 0.5) is 39.5 Å². The third-order valence-corrected chi connectivity index (χ3v) is 3.53. The third-order valence-electron chi connectivity index (χ3n) is 3.53. The van der Waals surface area contributed by atoms with E-state index in [1.807, 2.05) is 0 Å². The van der Waals surface area contributed by atoms with Crippen LogP contribution in [0.25, 0.3) is 0 Å². The molecule has 3 atom stereocenters. The minimum absolute atomic E-state index is 2.57. The smallest absolute Gasteiger partial charge is 0.337 e. The number of carboxylic acid groups (broad SMARTS) is 1. The normalized spacial score (nSPS) is 45.0. The Balaban J connectivity index is 2.87. The number of carbonyl (C=O) groups is 1. The van der Waals surface area contributed by atoms with E-state index in [4.69, 9.17) is 5.11 Å². The molecular weight excluding hydrogens is 311 g/mol. The molecule has 0 aromatic heterocycles. The molecule has 0 aromatic carbocycles. The lowest BCUT2D eigenvalue weighted by molar-refractivity contribution is -0.220. The summed E-state index contributed by atoms with van der Waals surface area (Å²) in [5, 5.41) is 8.18. The summed E-state index contributed by atoms with van der Waals surface area (Å²) in [6, 6.07) is 0. The second-order valence-electron chi connectivity index (χ2n) is 4.47. The van der Waals surface area contributed by atoms with E-state index in [0.29, 0.717) is 0 Å². The van der Waals surface area contributed by atoms with Gasteiger partial charge in [-0.2, -0.15) is 17.6 Å². The van der Waals surface area contributed by atoms with E-state index in [1.165, 1.54) is 0 Å². The molecule has 1 saturated carbocycles. The topological polar surface area (TPSA) is 37.3 Å². The standard InChI is InChI=1S/C9H3F9O2/c10-3-4(11)7(14)8(15,16)5(12,1-2(19)20)6(3,13)9(7,17)18/h1H2,(H,19,20). The minimum Gasteiger partial charge on any atom is -0.481 e. The molecule has 0 spiro atoms. The first-order valence-corrected chi connectivity index (χ1v) is 4.84. The summed E-state index contributed by atoms with van der Waals surface area (Å²) in [6.07, 6.45) is -2.68. The summed E-state index contributed by atoms with van der Waals surface area (Å²) in [7, 11) is 0. The summed E-state index contributed by atoms with van der Waals surface area (Å²) in [6.45, 7) is 0. The van der Waals surface area contributed by atoms with Crippen LogP contribution in [0.3, 0.4) is 0 Å². The van der Waals surface area contributed by atoms with Crippen molar-refractivity contribution >= 4 is 5.97 Å². The van der Waals surface area contributed by atoms with Gasteiger partial charge in [-0.1, -0.05) is 0 Å². The zero-order chi connectivity index (χ0) is 15.9. The van der Waals surface area contributed by atoms with Crippen molar-refractivity contribution in [1.82, 2.24) is 0 Å². The Hall–Kier alpha value is -1.42. The largest absolute Gasteiger partial charge is 0.481 e. The number of hydrogen-bond acceptors (Lipinski definition) is 1. The highest BCUT2D eigenvalue weighted by Crippen LogP contribution is 2.77. The maximum absolute atomic E-state index is 13.9. The van der Waals surface area contributed by atoms with Crippen LogP contribution in [0.15, 0.2) is 11.7 Å². The molecule has 11 heteroatoms. The predicted molar refractivity (Wildman–Crippen MR) is 42.9 cm³/mol. The van der Waals surface area contributed by atoms with E-state index in [-0.39, 0.29) is 0 Å². The van der Waals surface area contributed by atoms with Crippen molar-refractivity contribution in [2.24, 2.45) is 0 Å². The number of fused-ring (bicyclic) bond motifs is 2. The lowest BCUT2D eigenvalue weighted by Gasteiger charge is -2.36. The van der Waals surface area contributed by atoms with Gasteiger partial charge in [0.15, 0.2) is 11.7 Å². The van der Waals surface area contributed by atoms with Crippen LogP contribution in [0.2, 0.25) is 0 Å². The third kappa shape index (κ3) is 0.965. The Bertz CT molecular complexity index is 544. The number of allylic oxidation sites excluding steroid dienone is 2. The molecule has 0 aromatic rings. The SMILES string of the molecule is O=C(O)CC1(F)C(F)(F)C2(F)C(F)=C(F)C1(F)C2(F)F. The highest BCUT2D eigenvalue weighted by atomic mass is 19.3. The van der Waals surface area contributed by atoms with Crippen LogP contribution < -0.4 is 0 Å². The molecule has 3 unspecified atom stereocenters. The average molecular weight is 314 g/mol. The van der Waals surface area contributed by atoms with E-state index in [1.54, 1.807) is 0 Å². The molecule has 20 heavy (non-hydrogen) atoms. The Morgan fingerprint density at radius 1 is 0.850 bits per heavy atom. The zero-order valence-electron chi connectivity index (χ0n) is 8.96. The number of carboxylic acids is 1. The van der Waals surface area contributed by atoms with Gasteiger partial charge in [0.05, 0.1) is 6.42 Å². The predicted octanol–water partition coefficient (Wildman–Crippen LogP) is 3.03. The van der Waals surface area contributed by atoms with E-state index in [9.17, 15) is 44.3 Å². The second kappa shape index (κ2) is 3.25. The Morgan fingerprint density at radius 3 is 1.60 bits per heavy atom. The summed E-state index contributed by atoms with van der Waals surface area (Å²) >= 11 is 0. The van der Waals surface area contributed by atoms with Gasteiger partial charge in [0.1, 0.15) is 0 Å². The van der Waals surface area contributed by atoms with Gasteiger partial charge in [-0.25, -0.2) is 22.0 Å². The van der Waals surface area contributed by atoms with E-state index in [0.717, 1.165) is 0 Å². The Kier molecular flexibility index (Phi) is 2.43. The average Bonchev–Trinajstić information content (AvgIpc) is 2.44. The number of halogens is 9. The number of rotatable bonds is 2. The fourth-order valence-corrected chi connectivity index (χ4v) is 2.50. The molecule has 2 aliphatic rings. The van der Waals surface area contributed by atoms with Gasteiger partial charge in [0.2, 0.25) is 5.67 Å². The van der Waals surface area contributed by atoms with Gasteiger partial charge < -0.3 is 5.11 Å². The second-order valence-corrected chi connectivity index (χ2v) is 4.47. The van der Waals surface area contributed by atoms with Crippen molar-refractivity contribution in [2.75, 3.05) is 0 Å². The number of aliphatic carboxylic acids is 1. The van der Waals surface area contributed by atoms with Gasteiger partial charge in [0.25, 0.3) is 11.3 Å². The van der Waals surface area contributed by atoms with Gasteiger partial charge in [-0.05, 0) is 0 Å². The van der Waals surface area contributed by atoms with Crippen LogP contribution in [0.1, 0.15) is 6.42 Å². The lowest BCUT2D eigenvalue weighted by Crippen LogP contribution is -2.61. The first kappa shape index (κ1) is 15.0. The van der Waals surface area contributed by atoms with Crippen molar-refractivity contribution in [2.45, 2.75) is 35.3 Å². The molecule has 2 nitrogen and oxygen atoms in total. The Morgan fingerprint density at radius 2 is 1.25 bits per heavy atom. The zero-order valence-corrected chi connectivity index (χ0v) is 8.96. The van der Waals surface area contributed by atoms with E-state index >= 15 is 0 Å². The molecule has 2 bridgehead atoms. The molecule has 2 aliphatic carbocycles. The molecule has 0 heterocycles. The molecule has 1 fully saturated rings. The van der Waals surface area contributed by atoms with Crippen molar-refractivity contribution in [3.8, 4) is 0 Å². The molecule has 114 valence electrons. The number of hydrogen-bond donors (Lipinski definition) is 1. The van der Waals surface area contributed by atoms with Crippen LogP contribution in [0.5, 0.6) is 0 Å². The van der Waals surface area contributed by atoms with Crippen molar-refractivity contribution < 1.29 is 49.4 Å². The highest BCUT2D eigenvalue weighted by molar-refractivity contribution is 5.71. The summed E-state index contributed by atoms with van der Waals surface area (Å²) in [4.78, 5) is 10.2. The minimum atomic E-state index is -6.15. The van der Waals surface area contributed by atoms with Crippen molar-refractivity contribution in [3.05, 3.63) is 11.7 Å². The molecular formula is C9H3F9O2. The molecule has 0 saturated heterocycles. The molecule has 1 N–H and O–H groups in total. The van der Waals surface area contributed by atoms with Crippen LogP contribution in [0, 0.1) is 0 Å². The molecule has 2 rings (SSSR count). The van der Waals surface area contributed by atoms with Crippen LogP contribution >= 0.6 is 0 Å². The molecule has 0 amide bonds. The van der Waals surface area contributed by atoms with Crippen molar-refractivity contribution in [1.29, 1.82) is 0 Å². The van der Waals surface area contributed by atoms with Crippen LogP contribution in [-0.4, -0.2) is 39.9 Å². The first-order valence-electron chi connectivity index (χ1n) is 4.84. The number of alkyl halides is 7. The maximum atomic E-state index is 13.9. The van der Waals surface area contributed by atoms with E-state index < -0.39 is 52.9 Å². The quantitative estimate of drug-likeness (QED) is 0.796. The van der Waals surface area contributed by atoms with E-state index in [2.05, 4.69) is 0 Å². The monoisotopic (exact) mass is 314 g/mol. The first-order chi connectivity index (χ1) is 8.73. The van der Waals surface area contributed by atoms with Gasteiger partial charge in [-0.15, -0.1) is 0 Å². The Labute approximate surface area is 103 Å². The summed E-state index contributed by atoms with van der Waals surface area (Å²) < 4.78 is 121. The summed E-state index contributed by atoms with van der Waals surface area (Å²) in [5.74, 6) is -21.7. The van der Waals surface area contributed by atoms with Gasteiger partial charge in [0, 0.05) is 0 Å². The van der Waals surface area contributed by atoms with Gasteiger partial charge >= 0.3 is 17.8 Å². The van der Waals surface area contributed by atoms with Crippen molar-refractivity contribution in [3.63, 3.8) is 0 Å².